The summed E-state index contributed by atoms with van der Waals surface area (Å²) in [6.07, 6.45) is 5.07. The number of esters is 1. The summed E-state index contributed by atoms with van der Waals surface area (Å²) in [4.78, 5) is 37.9. The molecule has 29 heavy (non-hydrogen) atoms. The number of anilines is 1. The molecule has 2 aromatic rings. The van der Waals surface area contributed by atoms with Crippen LogP contribution in [0.15, 0.2) is 33.8 Å². The summed E-state index contributed by atoms with van der Waals surface area (Å²) in [5, 5.41) is 6.71. The number of hydrogen-bond acceptors (Lipinski definition) is 6. The molecule has 1 aromatic heterocycles. The largest absolute Gasteiger partial charge is 0.462 e. The third-order valence-corrected chi connectivity index (χ3v) is 6.01. The Bertz CT molecular complexity index is 971. The molecule has 0 fully saturated rings. The topological polar surface area (TPSA) is 96.9 Å². The molecule has 7 nitrogen and oxygen atoms in total. The predicted molar refractivity (Wildman–Crippen MR) is 115 cm³/mol. The minimum Gasteiger partial charge on any atom is -0.462 e. The van der Waals surface area contributed by atoms with Crippen LogP contribution in [0.4, 0.5) is 5.00 Å². The lowest BCUT2D eigenvalue weighted by atomic mass is 9.95. The molecule has 9 heteroatoms. The Morgan fingerprint density at radius 3 is 2.79 bits per heavy atom. The molecule has 1 aliphatic carbocycles. The van der Waals surface area contributed by atoms with Crippen LogP contribution >= 0.6 is 27.3 Å². The first-order chi connectivity index (χ1) is 14.0. The maximum Gasteiger partial charge on any atom is 0.341 e. The average Bonchev–Trinajstić information content (AvgIpc) is 3.06. The van der Waals surface area contributed by atoms with Crippen LogP contribution in [0.1, 0.15) is 46.1 Å². The van der Waals surface area contributed by atoms with Crippen LogP contribution < -0.4 is 10.7 Å². The van der Waals surface area contributed by atoms with Gasteiger partial charge in [0, 0.05) is 9.35 Å². The lowest BCUT2D eigenvalue weighted by Crippen LogP contribution is -2.32. The summed E-state index contributed by atoms with van der Waals surface area (Å²) in [5.41, 5.74) is 4.24. The third kappa shape index (κ3) is 5.30. The van der Waals surface area contributed by atoms with Crippen molar-refractivity contribution in [2.24, 2.45) is 5.10 Å². The molecule has 0 atom stereocenters. The van der Waals surface area contributed by atoms with Gasteiger partial charge in [0.15, 0.2) is 0 Å². The van der Waals surface area contributed by atoms with E-state index in [0.717, 1.165) is 46.2 Å². The maximum atomic E-state index is 12.4. The highest BCUT2D eigenvalue weighted by atomic mass is 79.9. The fraction of sp³-hybridized carbons (Fsp3) is 0.300. The van der Waals surface area contributed by atoms with E-state index in [9.17, 15) is 14.4 Å². The Balaban J connectivity index is 1.70. The summed E-state index contributed by atoms with van der Waals surface area (Å²) >= 11 is 4.67. The molecule has 3 rings (SSSR count). The van der Waals surface area contributed by atoms with Crippen molar-refractivity contribution in [2.75, 3.05) is 11.9 Å². The Labute approximate surface area is 180 Å². The second kappa shape index (κ2) is 9.80. The van der Waals surface area contributed by atoms with E-state index in [1.54, 1.807) is 6.92 Å². The van der Waals surface area contributed by atoms with Gasteiger partial charge in [-0.15, -0.1) is 11.3 Å². The number of nitrogens with zero attached hydrogens (tertiary/aromatic N) is 1. The van der Waals surface area contributed by atoms with Gasteiger partial charge in [0.1, 0.15) is 5.00 Å². The molecule has 0 saturated carbocycles. The van der Waals surface area contributed by atoms with Crippen LogP contribution in [0, 0.1) is 0 Å². The molecular weight excluding hydrogens is 458 g/mol. The van der Waals surface area contributed by atoms with Gasteiger partial charge in [-0.25, -0.2) is 10.2 Å². The van der Waals surface area contributed by atoms with Crippen LogP contribution in [0.2, 0.25) is 0 Å². The number of nitrogens with one attached hydrogen (secondary N) is 2. The number of ether oxygens (including phenoxy) is 1. The number of thiophene rings is 1. The second-order valence-corrected chi connectivity index (χ2v) is 8.36. The van der Waals surface area contributed by atoms with E-state index in [1.165, 1.54) is 17.6 Å². The summed E-state index contributed by atoms with van der Waals surface area (Å²) in [7, 11) is 0. The minimum absolute atomic E-state index is 0.238. The monoisotopic (exact) mass is 477 g/mol. The fourth-order valence-electron chi connectivity index (χ4n) is 3.04. The number of rotatable bonds is 5. The lowest BCUT2D eigenvalue weighted by molar-refractivity contribution is -0.136. The second-order valence-electron chi connectivity index (χ2n) is 6.34. The van der Waals surface area contributed by atoms with Crippen molar-refractivity contribution in [1.82, 2.24) is 5.43 Å². The Hall–Kier alpha value is -2.52. The number of carbonyl (C=O) groups excluding carboxylic acids is 3. The first kappa shape index (κ1) is 21.2. The van der Waals surface area contributed by atoms with Crippen LogP contribution in [0.3, 0.4) is 0 Å². The van der Waals surface area contributed by atoms with E-state index in [1.807, 2.05) is 24.3 Å². The lowest BCUT2D eigenvalue weighted by Gasteiger charge is -2.12. The standard InChI is InChI=1S/C20H20BrN3O4S/c1-2-28-20(27)16-14-8-3-4-9-15(14)29-19(16)23-17(25)18(26)24-22-11-12-6-5-7-13(21)10-12/h5-7,10-11H,2-4,8-9H2,1H3,(H,23,25)(H,24,26)/b22-11+. The molecule has 0 saturated heterocycles. The van der Waals surface area contributed by atoms with Gasteiger partial charge >= 0.3 is 17.8 Å². The maximum absolute atomic E-state index is 12.4. The first-order valence-corrected chi connectivity index (χ1v) is 10.8. The summed E-state index contributed by atoms with van der Waals surface area (Å²) in [6.45, 7) is 1.97. The van der Waals surface area contributed by atoms with Gasteiger partial charge in [0.25, 0.3) is 0 Å². The quantitative estimate of drug-likeness (QED) is 0.297. The number of halogens is 1. The summed E-state index contributed by atoms with van der Waals surface area (Å²) < 4.78 is 6.02. The van der Waals surface area contributed by atoms with Crippen molar-refractivity contribution in [1.29, 1.82) is 0 Å². The van der Waals surface area contributed by atoms with Gasteiger partial charge in [-0.3, -0.25) is 9.59 Å². The number of benzene rings is 1. The van der Waals surface area contributed by atoms with Crippen molar-refractivity contribution in [3.8, 4) is 0 Å². The molecule has 0 radical (unpaired) electrons. The average molecular weight is 478 g/mol. The molecule has 1 aromatic carbocycles. The van der Waals surface area contributed by atoms with Crippen LogP contribution in [0.5, 0.6) is 0 Å². The van der Waals surface area contributed by atoms with E-state index in [2.05, 4.69) is 31.8 Å². The van der Waals surface area contributed by atoms with E-state index in [0.29, 0.717) is 10.6 Å². The van der Waals surface area contributed by atoms with Gasteiger partial charge in [-0.1, -0.05) is 28.1 Å². The predicted octanol–water partition coefficient (Wildman–Crippen LogP) is 3.65. The zero-order valence-electron chi connectivity index (χ0n) is 15.8. The molecule has 152 valence electrons. The highest BCUT2D eigenvalue weighted by molar-refractivity contribution is 9.10. The Kier molecular flexibility index (Phi) is 7.16. The number of hydrazone groups is 1. The number of carbonyl (C=O) groups is 3. The van der Waals surface area contributed by atoms with Crippen molar-refractivity contribution in [3.63, 3.8) is 0 Å². The van der Waals surface area contributed by atoms with Crippen molar-refractivity contribution < 1.29 is 19.1 Å². The molecule has 0 spiro atoms. The van der Waals surface area contributed by atoms with Crippen LogP contribution in [-0.2, 0) is 27.2 Å². The molecule has 2 amide bonds. The third-order valence-electron chi connectivity index (χ3n) is 4.31. The highest BCUT2D eigenvalue weighted by Crippen LogP contribution is 2.38. The van der Waals surface area contributed by atoms with Gasteiger partial charge in [0.05, 0.1) is 18.4 Å². The molecular formula is C20H20BrN3O4S. The van der Waals surface area contributed by atoms with Crippen molar-refractivity contribution in [3.05, 3.63) is 50.3 Å². The number of aryl methyl sites for hydroxylation is 1. The van der Waals surface area contributed by atoms with E-state index in [-0.39, 0.29) is 6.61 Å². The Morgan fingerprint density at radius 1 is 1.24 bits per heavy atom. The Morgan fingerprint density at radius 2 is 2.03 bits per heavy atom. The van der Waals surface area contributed by atoms with E-state index >= 15 is 0 Å². The zero-order valence-corrected chi connectivity index (χ0v) is 18.2. The van der Waals surface area contributed by atoms with Crippen LogP contribution in [0.25, 0.3) is 0 Å². The molecule has 1 heterocycles. The molecule has 0 unspecified atom stereocenters. The van der Waals surface area contributed by atoms with Gasteiger partial charge < -0.3 is 10.1 Å². The molecule has 2 N–H and O–H groups in total. The van der Waals surface area contributed by atoms with Gasteiger partial charge in [0.2, 0.25) is 0 Å². The summed E-state index contributed by atoms with van der Waals surface area (Å²) in [6, 6.07) is 7.32. The van der Waals surface area contributed by atoms with Crippen molar-refractivity contribution in [2.45, 2.75) is 32.6 Å². The highest BCUT2D eigenvalue weighted by Gasteiger charge is 2.28. The summed E-state index contributed by atoms with van der Waals surface area (Å²) in [5.74, 6) is -2.28. The zero-order chi connectivity index (χ0) is 20.8. The first-order valence-electron chi connectivity index (χ1n) is 9.21. The van der Waals surface area contributed by atoms with Gasteiger partial charge in [-0.2, -0.15) is 5.10 Å². The van der Waals surface area contributed by atoms with Crippen LogP contribution in [-0.4, -0.2) is 30.6 Å². The SMILES string of the molecule is CCOC(=O)c1c(NC(=O)C(=O)N/N=C/c2cccc(Br)c2)sc2c1CCCC2. The molecule has 0 aliphatic heterocycles. The number of fused-ring (bicyclic) bond motifs is 1. The smallest absolute Gasteiger partial charge is 0.341 e. The molecule has 0 bridgehead atoms. The number of hydrogen-bond donors (Lipinski definition) is 2. The van der Waals surface area contributed by atoms with Gasteiger partial charge in [-0.05, 0) is 55.9 Å². The minimum atomic E-state index is -0.919. The van der Waals surface area contributed by atoms with Crippen molar-refractivity contribution >= 4 is 56.3 Å². The normalized spacial score (nSPS) is 13.0. The van der Waals surface area contributed by atoms with E-state index < -0.39 is 17.8 Å². The number of amides is 2. The molecule has 1 aliphatic rings. The fourth-order valence-corrected chi connectivity index (χ4v) is 4.73. The van der Waals surface area contributed by atoms with E-state index in [4.69, 9.17) is 4.74 Å².